The van der Waals surface area contributed by atoms with Crippen LogP contribution >= 0.6 is 0 Å². The van der Waals surface area contributed by atoms with Crippen LogP contribution in [0.2, 0.25) is 0 Å². The molecule has 22 heavy (non-hydrogen) atoms. The van der Waals surface area contributed by atoms with E-state index in [2.05, 4.69) is 9.71 Å². The largest absolute Gasteiger partial charge is 0.369 e. The number of allylic oxidation sites excluding steroid dienone is 1. The van der Waals surface area contributed by atoms with E-state index in [0.29, 0.717) is 12.1 Å². The molecule has 7 nitrogen and oxygen atoms in total. The molecular formula is C14H18N4O3S. The third-order valence-electron chi connectivity index (χ3n) is 3.25. The highest BCUT2D eigenvalue weighted by atomic mass is 32.2. The molecule has 1 aliphatic carbocycles. The number of carbonyl (C=O) groups is 1. The van der Waals surface area contributed by atoms with Gasteiger partial charge in [0.2, 0.25) is 5.96 Å². The number of anilines is 1. The molecule has 1 aromatic carbocycles. The minimum absolute atomic E-state index is 0.00662. The summed E-state index contributed by atoms with van der Waals surface area (Å²) in [4.78, 5) is 11.7. The van der Waals surface area contributed by atoms with E-state index in [4.69, 9.17) is 11.5 Å². The average Bonchev–Trinajstić information content (AvgIpc) is 2.45. The van der Waals surface area contributed by atoms with Crippen LogP contribution in [0.25, 0.3) is 0 Å². The van der Waals surface area contributed by atoms with Gasteiger partial charge in [-0.1, -0.05) is 0 Å². The predicted molar refractivity (Wildman–Crippen MR) is 84.6 cm³/mol. The summed E-state index contributed by atoms with van der Waals surface area (Å²) < 4.78 is 26.8. The lowest BCUT2D eigenvalue weighted by Gasteiger charge is -2.12. The summed E-state index contributed by atoms with van der Waals surface area (Å²) in [7, 11) is -3.88. The molecule has 0 aromatic heterocycles. The van der Waals surface area contributed by atoms with Crippen LogP contribution in [-0.2, 0) is 14.8 Å². The van der Waals surface area contributed by atoms with Crippen LogP contribution in [0.3, 0.4) is 0 Å². The van der Waals surface area contributed by atoms with E-state index in [1.165, 1.54) is 12.1 Å². The summed E-state index contributed by atoms with van der Waals surface area (Å²) in [5.41, 5.74) is 11.6. The van der Waals surface area contributed by atoms with Gasteiger partial charge in [0.05, 0.1) is 4.90 Å². The van der Waals surface area contributed by atoms with Crippen LogP contribution < -0.4 is 16.8 Å². The Bertz CT molecular complexity index is 717. The first-order valence-electron chi connectivity index (χ1n) is 6.83. The fraction of sp³-hybridized carbons (Fsp3) is 0.286. The summed E-state index contributed by atoms with van der Waals surface area (Å²) in [6, 6.07) is 5.95. The first kappa shape index (κ1) is 16.0. The van der Waals surface area contributed by atoms with Gasteiger partial charge in [0, 0.05) is 23.9 Å². The van der Waals surface area contributed by atoms with Crippen molar-refractivity contribution in [2.45, 2.75) is 30.6 Å². The molecule has 1 fully saturated rings. The van der Waals surface area contributed by atoms with E-state index < -0.39 is 16.0 Å². The number of benzene rings is 1. The molecule has 0 heterocycles. The molecule has 0 aliphatic heterocycles. The number of hydrogen-bond acceptors (Lipinski definition) is 4. The fourth-order valence-electron chi connectivity index (χ4n) is 2.14. The van der Waals surface area contributed by atoms with Gasteiger partial charge in [-0.25, -0.2) is 0 Å². The molecule has 0 atom stereocenters. The second kappa shape index (κ2) is 6.61. The first-order valence-corrected chi connectivity index (χ1v) is 8.27. The molecule has 0 spiro atoms. The highest BCUT2D eigenvalue weighted by Crippen LogP contribution is 2.21. The minimum atomic E-state index is -3.88. The molecule has 0 bridgehead atoms. The molecule has 0 radical (unpaired) electrons. The maximum Gasteiger partial charge on any atom is 0.285 e. The molecular weight excluding hydrogens is 304 g/mol. The number of guanidine groups is 1. The number of ketones is 1. The number of nitrogens with one attached hydrogen (secondary N) is 1. The maximum atomic E-state index is 11.8. The lowest BCUT2D eigenvalue weighted by Crippen LogP contribution is -2.24. The van der Waals surface area contributed by atoms with Gasteiger partial charge in [0.1, 0.15) is 0 Å². The van der Waals surface area contributed by atoms with Crippen LogP contribution in [0.15, 0.2) is 45.3 Å². The zero-order valence-electron chi connectivity index (χ0n) is 12.0. The Morgan fingerprint density at radius 3 is 2.36 bits per heavy atom. The van der Waals surface area contributed by atoms with Gasteiger partial charge in [-0.3, -0.25) is 4.79 Å². The molecule has 5 N–H and O–H groups in total. The van der Waals surface area contributed by atoms with Crippen molar-refractivity contribution in [3.8, 4) is 0 Å². The number of rotatable bonds is 4. The topological polar surface area (TPSA) is 128 Å². The van der Waals surface area contributed by atoms with Crippen molar-refractivity contribution in [2.24, 2.45) is 15.9 Å². The monoisotopic (exact) mass is 322 g/mol. The number of carbonyl (C=O) groups excluding carboxylic acids is 1. The summed E-state index contributed by atoms with van der Waals surface area (Å²) >= 11 is 0. The van der Waals surface area contributed by atoms with Gasteiger partial charge in [-0.2, -0.15) is 8.42 Å². The van der Waals surface area contributed by atoms with E-state index >= 15 is 0 Å². The van der Waals surface area contributed by atoms with Crippen molar-refractivity contribution in [1.82, 2.24) is 0 Å². The van der Waals surface area contributed by atoms with E-state index in [0.717, 1.165) is 24.8 Å². The SMILES string of the molecule is NC(N)=NS(=O)(=O)c1ccc(N/C=C2/CCCCC2=O)cc1. The van der Waals surface area contributed by atoms with Crippen LogP contribution in [0.1, 0.15) is 25.7 Å². The second-order valence-electron chi connectivity index (χ2n) is 4.96. The molecule has 0 amide bonds. The third kappa shape index (κ3) is 4.08. The van der Waals surface area contributed by atoms with E-state index in [1.54, 1.807) is 18.3 Å². The normalized spacial score (nSPS) is 17.3. The van der Waals surface area contributed by atoms with Crippen LogP contribution in [-0.4, -0.2) is 20.2 Å². The van der Waals surface area contributed by atoms with Gasteiger partial charge in [-0.15, -0.1) is 4.40 Å². The Morgan fingerprint density at radius 1 is 1.14 bits per heavy atom. The fourth-order valence-corrected chi connectivity index (χ4v) is 3.00. The summed E-state index contributed by atoms with van der Waals surface area (Å²) in [6.45, 7) is 0. The molecule has 2 rings (SSSR count). The zero-order valence-corrected chi connectivity index (χ0v) is 12.8. The number of hydrogen-bond donors (Lipinski definition) is 3. The van der Waals surface area contributed by atoms with Gasteiger partial charge in [0.25, 0.3) is 10.0 Å². The van der Waals surface area contributed by atoms with Crippen molar-refractivity contribution in [1.29, 1.82) is 0 Å². The molecule has 118 valence electrons. The molecule has 0 unspecified atom stereocenters. The molecule has 1 aliphatic rings. The predicted octanol–water partition coefficient (Wildman–Crippen LogP) is 1.09. The lowest BCUT2D eigenvalue weighted by molar-refractivity contribution is -0.116. The van der Waals surface area contributed by atoms with E-state index in [9.17, 15) is 13.2 Å². The first-order chi connectivity index (χ1) is 10.4. The second-order valence-corrected chi connectivity index (χ2v) is 6.56. The van der Waals surface area contributed by atoms with Crippen LogP contribution in [0, 0.1) is 0 Å². The van der Waals surface area contributed by atoms with Crippen LogP contribution in [0.4, 0.5) is 5.69 Å². The number of nitrogens with zero attached hydrogens (tertiary/aromatic N) is 1. The van der Waals surface area contributed by atoms with Crippen LogP contribution in [0.5, 0.6) is 0 Å². The molecule has 1 saturated carbocycles. The summed E-state index contributed by atoms with van der Waals surface area (Å²) in [6.07, 6.45) is 4.98. The summed E-state index contributed by atoms with van der Waals surface area (Å²) in [5.74, 6) is -0.353. The standard InChI is InChI=1S/C14H18N4O3S/c15-14(16)18-22(20,21)12-7-5-11(6-8-12)17-9-10-3-1-2-4-13(10)19/h5-9,17H,1-4H2,(H4,15,16,18)/b10-9-. The quantitative estimate of drug-likeness (QED) is 0.432. The highest BCUT2D eigenvalue weighted by molar-refractivity contribution is 7.90. The van der Waals surface area contributed by atoms with Crippen molar-refractivity contribution in [3.63, 3.8) is 0 Å². The molecule has 0 saturated heterocycles. The van der Waals surface area contributed by atoms with Crippen molar-refractivity contribution < 1.29 is 13.2 Å². The van der Waals surface area contributed by atoms with Crippen molar-refractivity contribution in [2.75, 3.05) is 5.32 Å². The van der Waals surface area contributed by atoms with E-state index in [1.807, 2.05) is 0 Å². The Labute approximate surface area is 129 Å². The van der Waals surface area contributed by atoms with Gasteiger partial charge >= 0.3 is 0 Å². The van der Waals surface area contributed by atoms with E-state index in [-0.39, 0.29) is 10.7 Å². The molecule has 8 heteroatoms. The highest BCUT2D eigenvalue weighted by Gasteiger charge is 2.15. The van der Waals surface area contributed by atoms with Crippen molar-refractivity contribution in [3.05, 3.63) is 36.0 Å². The maximum absolute atomic E-state index is 11.8. The number of sulfonamides is 1. The third-order valence-corrected chi connectivity index (χ3v) is 4.57. The Kier molecular flexibility index (Phi) is 4.81. The number of nitrogens with two attached hydrogens (primary N) is 2. The Balaban J connectivity index is 2.11. The number of Topliss-reactive ketones (excluding diaryl/α,β-unsaturated/α-hetero) is 1. The zero-order chi connectivity index (χ0) is 16.2. The van der Waals surface area contributed by atoms with Gasteiger partial charge in [0.15, 0.2) is 5.78 Å². The van der Waals surface area contributed by atoms with Gasteiger partial charge in [-0.05, 0) is 43.5 Å². The smallest absolute Gasteiger partial charge is 0.285 e. The Hall–Kier alpha value is -2.35. The van der Waals surface area contributed by atoms with Crippen molar-refractivity contribution >= 4 is 27.5 Å². The summed E-state index contributed by atoms with van der Waals surface area (Å²) in [5, 5.41) is 3.00. The Morgan fingerprint density at radius 2 is 1.77 bits per heavy atom. The molecule has 1 aromatic rings. The van der Waals surface area contributed by atoms with Gasteiger partial charge < -0.3 is 16.8 Å². The lowest BCUT2D eigenvalue weighted by atomic mass is 9.94. The average molecular weight is 322 g/mol. The minimum Gasteiger partial charge on any atom is -0.369 e.